The summed E-state index contributed by atoms with van der Waals surface area (Å²) in [6.07, 6.45) is 5.05. The maximum absolute atomic E-state index is 13.7. The van der Waals surface area contributed by atoms with Crippen LogP contribution in [0.25, 0.3) is 22.4 Å². The highest BCUT2D eigenvalue weighted by molar-refractivity contribution is 6.20. The number of aromatic nitrogens is 2. The number of esters is 1. The standard InChI is InChI=1S/C37H46N6O5/c1-35(2,3)47-33(45)37(32(44)40-31(41-37)28-10-8-20-42(28)7)26-18-16-24(17-19-26)23-12-14-25(15-13-23)27-22-38-30(39-27)29-11-9-21-43(29)34(46)48-36(4,5)6/h12-19,22,28-29H,8-11,20-21H2,1-7H3,(H,38,39)(H,40,41,44). The van der Waals surface area contributed by atoms with E-state index in [2.05, 4.69) is 20.2 Å². The zero-order valence-corrected chi connectivity index (χ0v) is 28.9. The molecule has 4 heterocycles. The van der Waals surface area contributed by atoms with Crippen LogP contribution in [-0.4, -0.2) is 81.0 Å². The molecule has 2 aromatic carbocycles. The van der Waals surface area contributed by atoms with Gasteiger partial charge in [0, 0.05) is 12.1 Å². The number of nitrogens with zero attached hydrogens (tertiary/aromatic N) is 4. The number of aliphatic imine (C=N–C) groups is 1. The number of imidazole rings is 1. The third-order valence-corrected chi connectivity index (χ3v) is 9.01. The topological polar surface area (TPSA) is 129 Å². The number of rotatable bonds is 6. The molecule has 48 heavy (non-hydrogen) atoms. The lowest BCUT2D eigenvalue weighted by Gasteiger charge is -2.27. The van der Waals surface area contributed by atoms with Crippen molar-refractivity contribution in [1.29, 1.82) is 0 Å². The first-order valence-electron chi connectivity index (χ1n) is 16.8. The quantitative estimate of drug-likeness (QED) is 0.247. The molecule has 0 bridgehead atoms. The second-order valence-electron chi connectivity index (χ2n) is 15.0. The van der Waals surface area contributed by atoms with E-state index in [-0.39, 0.29) is 18.2 Å². The zero-order valence-electron chi connectivity index (χ0n) is 28.9. The van der Waals surface area contributed by atoms with E-state index in [1.807, 2.05) is 64.2 Å². The minimum Gasteiger partial charge on any atom is -0.458 e. The number of ether oxygens (including phenoxy) is 2. The summed E-state index contributed by atoms with van der Waals surface area (Å²) in [7, 11) is 2.00. The lowest BCUT2D eigenvalue weighted by atomic mass is 9.88. The van der Waals surface area contributed by atoms with Gasteiger partial charge in [0.15, 0.2) is 0 Å². The Kier molecular flexibility index (Phi) is 8.70. The highest BCUT2D eigenvalue weighted by Gasteiger charge is 2.55. The van der Waals surface area contributed by atoms with Crippen molar-refractivity contribution in [2.45, 2.75) is 96.1 Å². The monoisotopic (exact) mass is 654 g/mol. The zero-order chi connectivity index (χ0) is 34.4. The number of amides is 2. The SMILES string of the molecule is CN1CCCC1C1=NC(C(=O)OC(C)(C)C)(c2ccc(-c3ccc(-c4cnc(C5CCCN5C(=O)OC(C)(C)C)[nH]4)cc3)cc2)C(=O)N1. The van der Waals surface area contributed by atoms with Crippen LogP contribution in [0.5, 0.6) is 0 Å². The fourth-order valence-electron chi connectivity index (χ4n) is 6.67. The van der Waals surface area contributed by atoms with Crippen molar-refractivity contribution in [3.8, 4) is 22.4 Å². The Balaban J connectivity index is 1.22. The molecule has 0 radical (unpaired) electrons. The Morgan fingerprint density at radius 1 is 0.833 bits per heavy atom. The second kappa shape index (κ2) is 12.5. The third-order valence-electron chi connectivity index (χ3n) is 9.01. The summed E-state index contributed by atoms with van der Waals surface area (Å²) < 4.78 is 11.4. The maximum atomic E-state index is 13.7. The van der Waals surface area contributed by atoms with Crippen molar-refractivity contribution < 1.29 is 23.9 Å². The number of aromatic amines is 1. The summed E-state index contributed by atoms with van der Waals surface area (Å²) in [4.78, 5) is 56.9. The molecule has 1 aromatic heterocycles. The van der Waals surface area contributed by atoms with Crippen LogP contribution in [-0.2, 0) is 24.6 Å². The number of amidine groups is 1. The van der Waals surface area contributed by atoms with Gasteiger partial charge in [-0.15, -0.1) is 0 Å². The van der Waals surface area contributed by atoms with Crippen LogP contribution in [0.15, 0.2) is 59.7 Å². The van der Waals surface area contributed by atoms with Crippen molar-refractivity contribution in [3.05, 3.63) is 66.1 Å². The molecule has 3 aromatic rings. The van der Waals surface area contributed by atoms with Crippen molar-refractivity contribution in [3.63, 3.8) is 0 Å². The summed E-state index contributed by atoms with van der Waals surface area (Å²) in [5, 5.41) is 2.92. The predicted molar refractivity (Wildman–Crippen MR) is 183 cm³/mol. The van der Waals surface area contributed by atoms with Crippen molar-refractivity contribution in [2.75, 3.05) is 20.1 Å². The highest BCUT2D eigenvalue weighted by atomic mass is 16.6. The van der Waals surface area contributed by atoms with Gasteiger partial charge in [-0.2, -0.15) is 0 Å². The molecule has 11 heteroatoms. The van der Waals surface area contributed by atoms with Gasteiger partial charge < -0.3 is 19.8 Å². The number of hydrogen-bond donors (Lipinski definition) is 2. The Bertz CT molecular complexity index is 1720. The largest absolute Gasteiger partial charge is 0.458 e. The van der Waals surface area contributed by atoms with Crippen LogP contribution < -0.4 is 5.32 Å². The normalized spacial score (nSPS) is 23.3. The molecular formula is C37H46N6O5. The molecule has 2 amide bonds. The van der Waals surface area contributed by atoms with Gasteiger partial charge >= 0.3 is 12.1 Å². The number of likely N-dealkylation sites (tertiary alicyclic amines) is 2. The predicted octanol–water partition coefficient (Wildman–Crippen LogP) is 5.98. The third kappa shape index (κ3) is 6.60. The minimum absolute atomic E-state index is 0.0518. The number of H-pyrrole nitrogens is 1. The average Bonchev–Trinajstić information content (AvgIpc) is 3.82. The lowest BCUT2D eigenvalue weighted by Crippen LogP contribution is -2.48. The van der Waals surface area contributed by atoms with Gasteiger partial charge in [-0.3, -0.25) is 14.6 Å². The first kappa shape index (κ1) is 33.4. The Labute approximate surface area is 282 Å². The lowest BCUT2D eigenvalue weighted by molar-refractivity contribution is -0.164. The molecule has 254 valence electrons. The molecule has 2 saturated heterocycles. The van der Waals surface area contributed by atoms with E-state index in [1.165, 1.54) is 0 Å². The molecule has 11 nitrogen and oxygen atoms in total. The van der Waals surface area contributed by atoms with Gasteiger partial charge in [0.1, 0.15) is 22.9 Å². The molecule has 3 aliphatic heterocycles. The van der Waals surface area contributed by atoms with Crippen LogP contribution in [0.4, 0.5) is 4.79 Å². The van der Waals surface area contributed by atoms with Crippen LogP contribution in [0.1, 0.15) is 84.7 Å². The molecular weight excluding hydrogens is 608 g/mol. The number of benzene rings is 2. The van der Waals surface area contributed by atoms with Gasteiger partial charge in [0.25, 0.3) is 11.4 Å². The van der Waals surface area contributed by atoms with Crippen molar-refractivity contribution in [2.24, 2.45) is 4.99 Å². The smallest absolute Gasteiger partial charge is 0.410 e. The van der Waals surface area contributed by atoms with E-state index in [4.69, 9.17) is 14.5 Å². The molecule has 3 atom stereocenters. The highest BCUT2D eigenvalue weighted by Crippen LogP contribution is 2.37. The van der Waals surface area contributed by atoms with E-state index >= 15 is 0 Å². The van der Waals surface area contributed by atoms with E-state index in [0.717, 1.165) is 60.4 Å². The number of carbonyl (C=O) groups excluding carboxylic acids is 3. The molecule has 3 unspecified atom stereocenters. The molecule has 0 spiro atoms. The van der Waals surface area contributed by atoms with Crippen LogP contribution in [0, 0.1) is 0 Å². The second-order valence-corrected chi connectivity index (χ2v) is 15.0. The van der Waals surface area contributed by atoms with Gasteiger partial charge in [0.05, 0.1) is 24.0 Å². The van der Waals surface area contributed by atoms with E-state index in [9.17, 15) is 14.4 Å². The van der Waals surface area contributed by atoms with Crippen molar-refractivity contribution >= 4 is 23.8 Å². The first-order valence-corrected chi connectivity index (χ1v) is 16.8. The molecule has 6 rings (SSSR count). The van der Waals surface area contributed by atoms with Gasteiger partial charge in [-0.1, -0.05) is 48.5 Å². The summed E-state index contributed by atoms with van der Waals surface area (Å²) in [5.41, 5.74) is 1.00. The van der Waals surface area contributed by atoms with Crippen LogP contribution >= 0.6 is 0 Å². The fraction of sp³-hybridized carbons (Fsp3) is 0.486. The molecule has 3 aliphatic rings. The van der Waals surface area contributed by atoms with E-state index < -0.39 is 28.6 Å². The average molecular weight is 655 g/mol. The molecule has 0 aliphatic carbocycles. The van der Waals surface area contributed by atoms with Gasteiger partial charge in [-0.05, 0) is 97.5 Å². The van der Waals surface area contributed by atoms with Crippen LogP contribution in [0.3, 0.4) is 0 Å². The number of carbonyl (C=O) groups is 3. The van der Waals surface area contributed by atoms with Gasteiger partial charge in [-0.25, -0.2) is 19.6 Å². The minimum atomic E-state index is -1.81. The Hall–Kier alpha value is -4.51. The number of nitrogens with one attached hydrogen (secondary N) is 2. The number of likely N-dealkylation sites (N-methyl/N-ethyl adjacent to an activating group) is 1. The Morgan fingerprint density at radius 3 is 2.02 bits per heavy atom. The van der Waals surface area contributed by atoms with E-state index in [1.54, 1.807) is 44.0 Å². The molecule has 2 N–H and O–H groups in total. The Morgan fingerprint density at radius 2 is 1.42 bits per heavy atom. The maximum Gasteiger partial charge on any atom is 0.410 e. The summed E-state index contributed by atoms with van der Waals surface area (Å²) in [6.45, 7) is 12.5. The molecule has 0 saturated carbocycles. The summed E-state index contributed by atoms with van der Waals surface area (Å²) in [6, 6.07) is 15.2. The van der Waals surface area contributed by atoms with Gasteiger partial charge in [0.2, 0.25) is 0 Å². The molecule has 2 fully saturated rings. The fourth-order valence-corrected chi connectivity index (χ4v) is 6.67. The van der Waals surface area contributed by atoms with Crippen molar-refractivity contribution in [1.82, 2.24) is 25.1 Å². The van der Waals surface area contributed by atoms with Crippen LogP contribution in [0.2, 0.25) is 0 Å². The number of hydrogen-bond acceptors (Lipinski definition) is 8. The van der Waals surface area contributed by atoms with E-state index in [0.29, 0.717) is 17.9 Å². The summed E-state index contributed by atoms with van der Waals surface area (Å²) >= 11 is 0. The first-order chi connectivity index (χ1) is 22.6. The summed E-state index contributed by atoms with van der Waals surface area (Å²) in [5.74, 6) is 0.0761.